The van der Waals surface area contributed by atoms with Crippen LogP contribution in [0.2, 0.25) is 0 Å². The number of ether oxygens (including phenoxy) is 6. The second kappa shape index (κ2) is 12.9. The number of halogens is 3. The smallest absolute Gasteiger partial charge is 0.448 e. The number of benzene rings is 4. The van der Waals surface area contributed by atoms with E-state index in [0.29, 0.717) is 0 Å². The fourth-order valence-corrected chi connectivity index (χ4v) is 5.28. The Kier molecular flexibility index (Phi) is 8.78. The van der Waals surface area contributed by atoms with Gasteiger partial charge >= 0.3 is 6.18 Å². The Balaban J connectivity index is 1.31. The highest BCUT2D eigenvalue weighted by Crippen LogP contribution is 2.39. The van der Waals surface area contributed by atoms with Gasteiger partial charge in [0.1, 0.15) is 24.4 Å². The Morgan fingerprint density at radius 1 is 0.744 bits per heavy atom. The fourth-order valence-electron chi connectivity index (χ4n) is 5.28. The lowest BCUT2D eigenvalue weighted by Crippen LogP contribution is -2.63. The third kappa shape index (κ3) is 6.92. The van der Waals surface area contributed by atoms with Crippen LogP contribution in [0.3, 0.4) is 0 Å². The molecule has 2 heterocycles. The summed E-state index contributed by atoms with van der Waals surface area (Å²) < 4.78 is 77.1. The number of hydrogen-bond acceptors (Lipinski definition) is 6. The molecule has 0 saturated carbocycles. The Morgan fingerprint density at radius 3 is 2.14 bits per heavy atom. The molecule has 2 aliphatic rings. The van der Waals surface area contributed by atoms with Crippen molar-refractivity contribution in [3.63, 3.8) is 0 Å². The highest BCUT2D eigenvalue weighted by Gasteiger charge is 2.53. The molecule has 6 nitrogen and oxygen atoms in total. The van der Waals surface area contributed by atoms with Crippen LogP contribution in [0.1, 0.15) is 23.0 Å². The summed E-state index contributed by atoms with van der Waals surface area (Å²) in [7, 11) is 0. The summed E-state index contributed by atoms with van der Waals surface area (Å²) in [5.41, 5.74) is 2.49. The predicted molar refractivity (Wildman–Crippen MR) is 152 cm³/mol. The molecule has 0 radical (unpaired) electrons. The minimum Gasteiger partial charge on any atom is -0.457 e. The molecule has 4 aromatic carbocycles. The number of alkyl halides is 3. The van der Waals surface area contributed by atoms with E-state index in [1.165, 1.54) is 0 Å². The summed E-state index contributed by atoms with van der Waals surface area (Å²) >= 11 is 0. The zero-order chi connectivity index (χ0) is 29.8. The molecule has 0 bridgehead atoms. The van der Waals surface area contributed by atoms with Gasteiger partial charge in [0.25, 0.3) is 0 Å². The Hall–Kier alpha value is -3.73. The van der Waals surface area contributed by atoms with Crippen LogP contribution in [0.15, 0.2) is 115 Å². The van der Waals surface area contributed by atoms with Crippen LogP contribution in [0.5, 0.6) is 0 Å². The summed E-state index contributed by atoms with van der Waals surface area (Å²) in [5, 5.41) is 2.12. The minimum absolute atomic E-state index is 0.0455. The van der Waals surface area contributed by atoms with Gasteiger partial charge in [-0.1, -0.05) is 104 Å². The van der Waals surface area contributed by atoms with Gasteiger partial charge in [0, 0.05) is 5.56 Å². The lowest BCUT2D eigenvalue weighted by molar-refractivity contribution is -0.371. The fraction of sp³-hybridized carbons (Fsp3) is 0.294. The minimum atomic E-state index is -4.79. The summed E-state index contributed by atoms with van der Waals surface area (Å²) in [4.78, 5) is 0. The molecule has 43 heavy (non-hydrogen) atoms. The van der Waals surface area contributed by atoms with E-state index < -0.39 is 48.9 Å². The molecule has 0 N–H and O–H groups in total. The molecule has 2 saturated heterocycles. The van der Waals surface area contributed by atoms with Crippen LogP contribution in [-0.4, -0.2) is 43.5 Å². The van der Waals surface area contributed by atoms with Crippen molar-refractivity contribution in [1.29, 1.82) is 0 Å². The first-order valence-electron chi connectivity index (χ1n) is 14.0. The molecule has 0 aromatic heterocycles. The van der Waals surface area contributed by atoms with Gasteiger partial charge in [-0.3, -0.25) is 0 Å². The van der Waals surface area contributed by atoms with Crippen LogP contribution in [-0.2, 0) is 41.6 Å². The molecule has 0 spiro atoms. The van der Waals surface area contributed by atoms with Gasteiger partial charge in [0.15, 0.2) is 12.0 Å². The van der Waals surface area contributed by atoms with E-state index in [0.717, 1.165) is 27.5 Å². The molecule has 6 unspecified atom stereocenters. The third-order valence-electron chi connectivity index (χ3n) is 7.47. The number of allylic oxidation sites excluding steroid dienone is 1. The summed E-state index contributed by atoms with van der Waals surface area (Å²) in [5.74, 6) is -1.39. The molecule has 0 amide bonds. The molecule has 0 aliphatic carbocycles. The van der Waals surface area contributed by atoms with Crippen LogP contribution in [0.25, 0.3) is 10.8 Å². The number of hydrogen-bond donors (Lipinski definition) is 0. The molecular formula is C34H31F3O6. The predicted octanol–water partition coefficient (Wildman–Crippen LogP) is 7.24. The van der Waals surface area contributed by atoms with Crippen molar-refractivity contribution in [1.82, 2.24) is 0 Å². The Bertz CT molecular complexity index is 1510. The van der Waals surface area contributed by atoms with Gasteiger partial charge < -0.3 is 28.4 Å². The molecule has 6 atom stereocenters. The van der Waals surface area contributed by atoms with Gasteiger partial charge in [-0.2, -0.15) is 13.2 Å². The number of rotatable bonds is 9. The van der Waals surface area contributed by atoms with Gasteiger partial charge in [-0.25, -0.2) is 0 Å². The van der Waals surface area contributed by atoms with E-state index in [1.54, 1.807) is 0 Å². The molecule has 2 aliphatic heterocycles. The van der Waals surface area contributed by atoms with Crippen LogP contribution >= 0.6 is 0 Å². The van der Waals surface area contributed by atoms with Gasteiger partial charge in [-0.15, -0.1) is 0 Å². The maximum atomic E-state index is 13.5. The van der Waals surface area contributed by atoms with Crippen molar-refractivity contribution in [2.75, 3.05) is 6.61 Å². The van der Waals surface area contributed by atoms with E-state index in [1.807, 2.05) is 103 Å². The zero-order valence-electron chi connectivity index (χ0n) is 23.2. The first-order valence-corrected chi connectivity index (χ1v) is 14.0. The van der Waals surface area contributed by atoms with E-state index >= 15 is 0 Å². The molecule has 2 fully saturated rings. The van der Waals surface area contributed by atoms with Crippen LogP contribution in [0, 0.1) is 0 Å². The Morgan fingerprint density at radius 2 is 1.40 bits per heavy atom. The molecular weight excluding hydrogens is 561 g/mol. The van der Waals surface area contributed by atoms with Crippen molar-refractivity contribution in [2.45, 2.75) is 56.4 Å². The van der Waals surface area contributed by atoms with Crippen molar-refractivity contribution in [2.24, 2.45) is 0 Å². The summed E-state index contributed by atoms with van der Waals surface area (Å²) in [6.45, 7) is 3.37. The van der Waals surface area contributed by atoms with Crippen LogP contribution in [0.4, 0.5) is 13.2 Å². The van der Waals surface area contributed by atoms with Gasteiger partial charge in [0.05, 0.1) is 19.8 Å². The molecule has 6 rings (SSSR count). The van der Waals surface area contributed by atoms with Crippen molar-refractivity contribution >= 4 is 10.8 Å². The average molecular weight is 593 g/mol. The molecule has 9 heteroatoms. The van der Waals surface area contributed by atoms with E-state index in [2.05, 4.69) is 6.58 Å². The quantitative estimate of drug-likeness (QED) is 0.191. The second-order valence-electron chi connectivity index (χ2n) is 10.5. The largest absolute Gasteiger partial charge is 0.457 e. The molecule has 4 aromatic rings. The monoisotopic (exact) mass is 592 g/mol. The third-order valence-corrected chi connectivity index (χ3v) is 7.47. The van der Waals surface area contributed by atoms with E-state index in [4.69, 9.17) is 28.4 Å². The first-order chi connectivity index (χ1) is 20.8. The Labute approximate surface area is 247 Å². The highest BCUT2D eigenvalue weighted by atomic mass is 19.4. The van der Waals surface area contributed by atoms with Crippen molar-refractivity contribution < 1.29 is 41.6 Å². The van der Waals surface area contributed by atoms with Crippen molar-refractivity contribution in [3.05, 3.63) is 132 Å². The summed E-state index contributed by atoms with van der Waals surface area (Å²) in [6, 6.07) is 32.6. The zero-order valence-corrected chi connectivity index (χ0v) is 23.2. The topological polar surface area (TPSA) is 55.4 Å². The number of fused-ring (bicyclic) bond motifs is 2. The van der Waals surface area contributed by atoms with Crippen molar-refractivity contribution in [3.8, 4) is 0 Å². The van der Waals surface area contributed by atoms with Gasteiger partial charge in [-0.05, 0) is 28.0 Å². The van der Waals surface area contributed by atoms with E-state index in [9.17, 15) is 13.2 Å². The highest BCUT2D eigenvalue weighted by molar-refractivity contribution is 5.82. The lowest BCUT2D eigenvalue weighted by Gasteiger charge is -2.49. The summed E-state index contributed by atoms with van der Waals surface area (Å²) in [6.07, 6.45) is -10.5. The van der Waals surface area contributed by atoms with E-state index in [-0.39, 0.29) is 19.8 Å². The molecule has 224 valence electrons. The lowest BCUT2D eigenvalue weighted by atomic mass is 9.97. The average Bonchev–Trinajstić information content (AvgIpc) is 3.03. The van der Waals surface area contributed by atoms with Gasteiger partial charge in [0.2, 0.25) is 6.29 Å². The maximum absolute atomic E-state index is 13.5. The second-order valence-corrected chi connectivity index (χ2v) is 10.5. The normalized spacial score (nSPS) is 25.7. The standard InChI is InChI=1S/C34H31F3O6/c1-22(34(35,36)37)41-33-31(39-19-23-10-4-2-5-11-23)30(38-20-24-16-17-25-12-8-9-15-27(25)18-24)29-28(42-33)21-40-32(43-29)26-13-6-3-7-14-26/h2-18,28-33H,1,19-21H2. The SMILES string of the molecule is C=C(OC1OC2COC(c3ccccc3)OC2C(OCc2ccc3ccccc3c2)C1OCc1ccccc1)C(F)(F)F. The maximum Gasteiger partial charge on any atom is 0.448 e. The van der Waals surface area contributed by atoms with Crippen LogP contribution < -0.4 is 0 Å². The first kappa shape index (κ1) is 29.3.